The highest BCUT2D eigenvalue weighted by atomic mass is 35.5. The second-order valence-corrected chi connectivity index (χ2v) is 6.83. The first kappa shape index (κ1) is 16.7. The lowest BCUT2D eigenvalue weighted by Gasteiger charge is -2.15. The van der Waals surface area contributed by atoms with Crippen LogP contribution in [0, 0.1) is 0 Å². The van der Waals surface area contributed by atoms with Crippen LogP contribution in [0.5, 0.6) is 0 Å². The van der Waals surface area contributed by atoms with Crippen LogP contribution >= 0.6 is 23.2 Å². The first-order chi connectivity index (χ1) is 8.92. The largest absolute Gasteiger partial charge is 0.377 e. The van der Waals surface area contributed by atoms with Gasteiger partial charge in [0.25, 0.3) is 0 Å². The maximum Gasteiger partial charge on any atom is 0.181 e. The molecule has 1 atom stereocenters. The maximum atomic E-state index is 12.2. The van der Waals surface area contributed by atoms with Gasteiger partial charge in [0.15, 0.2) is 9.84 Å². The number of hydrogen-bond acceptors (Lipinski definition) is 4. The van der Waals surface area contributed by atoms with Crippen molar-refractivity contribution in [3.05, 3.63) is 28.2 Å². The topological polar surface area (TPSA) is 69.4 Å². The highest BCUT2D eigenvalue weighted by Crippen LogP contribution is 2.30. The van der Waals surface area contributed by atoms with Crippen LogP contribution in [-0.4, -0.2) is 33.4 Å². The van der Waals surface area contributed by atoms with E-state index in [1.54, 1.807) is 6.07 Å². The van der Waals surface area contributed by atoms with Gasteiger partial charge < -0.3 is 10.5 Å². The van der Waals surface area contributed by atoms with E-state index in [1.165, 1.54) is 12.1 Å². The first-order valence-corrected chi connectivity index (χ1v) is 8.31. The van der Waals surface area contributed by atoms with Crippen LogP contribution in [0.15, 0.2) is 23.1 Å². The zero-order valence-corrected chi connectivity index (χ0v) is 12.9. The Kier molecular flexibility index (Phi) is 6.56. The molecular weight excluding hydrogens is 309 g/mol. The molecular formula is C12H17Cl2NO3S. The van der Waals surface area contributed by atoms with Crippen molar-refractivity contribution in [2.75, 3.05) is 18.9 Å². The van der Waals surface area contributed by atoms with Gasteiger partial charge in [0, 0.05) is 13.2 Å². The third kappa shape index (κ3) is 4.61. The summed E-state index contributed by atoms with van der Waals surface area (Å²) in [4.78, 5) is -0.0226. The molecule has 0 saturated carbocycles. The number of halogens is 2. The minimum absolute atomic E-state index is 0.0226. The molecule has 1 aromatic carbocycles. The van der Waals surface area contributed by atoms with Gasteiger partial charge in [-0.2, -0.15) is 0 Å². The highest BCUT2D eigenvalue weighted by Gasteiger charge is 2.23. The number of nitrogens with two attached hydrogens (primary N) is 1. The highest BCUT2D eigenvalue weighted by molar-refractivity contribution is 7.91. The first-order valence-electron chi connectivity index (χ1n) is 5.90. The van der Waals surface area contributed by atoms with E-state index in [9.17, 15) is 8.42 Å². The van der Waals surface area contributed by atoms with Gasteiger partial charge in [0.05, 0.1) is 21.9 Å². The average Bonchev–Trinajstić information content (AvgIpc) is 2.34. The Morgan fingerprint density at radius 1 is 1.32 bits per heavy atom. The van der Waals surface area contributed by atoms with Gasteiger partial charge in [-0.15, -0.1) is 0 Å². The van der Waals surface area contributed by atoms with Gasteiger partial charge in [-0.1, -0.05) is 29.3 Å². The molecule has 7 heteroatoms. The molecule has 0 aliphatic carbocycles. The summed E-state index contributed by atoms with van der Waals surface area (Å²) >= 11 is 11.8. The Labute approximate surface area is 123 Å². The van der Waals surface area contributed by atoms with Crippen LogP contribution in [0.1, 0.15) is 13.3 Å². The zero-order chi connectivity index (χ0) is 14.5. The number of sulfone groups is 1. The van der Waals surface area contributed by atoms with Crippen LogP contribution in [0.2, 0.25) is 10.0 Å². The predicted molar refractivity (Wildman–Crippen MR) is 77.6 cm³/mol. The summed E-state index contributed by atoms with van der Waals surface area (Å²) in [6, 6.07) is 4.61. The summed E-state index contributed by atoms with van der Waals surface area (Å²) in [7, 11) is -3.54. The normalized spacial score (nSPS) is 13.5. The molecule has 1 rings (SSSR count). The fraction of sp³-hybridized carbons (Fsp3) is 0.500. The van der Waals surface area contributed by atoms with Crippen LogP contribution in [-0.2, 0) is 14.6 Å². The van der Waals surface area contributed by atoms with Crippen molar-refractivity contribution in [1.29, 1.82) is 0 Å². The Balaban J connectivity index is 2.87. The molecule has 0 saturated heterocycles. The minimum atomic E-state index is -3.54. The second-order valence-electron chi connectivity index (χ2n) is 3.97. The van der Waals surface area contributed by atoms with E-state index in [0.717, 1.165) is 0 Å². The zero-order valence-electron chi connectivity index (χ0n) is 10.6. The summed E-state index contributed by atoms with van der Waals surface area (Å²) < 4.78 is 29.8. The molecule has 0 heterocycles. The summed E-state index contributed by atoms with van der Waals surface area (Å²) in [5, 5.41) is 0.265. The fourth-order valence-electron chi connectivity index (χ4n) is 1.67. The van der Waals surface area contributed by atoms with E-state index in [4.69, 9.17) is 33.7 Å². The lowest BCUT2D eigenvalue weighted by Crippen LogP contribution is -2.26. The van der Waals surface area contributed by atoms with Crippen molar-refractivity contribution in [2.24, 2.45) is 5.73 Å². The Hall–Kier alpha value is -0.330. The van der Waals surface area contributed by atoms with E-state index in [0.29, 0.717) is 13.0 Å². The maximum absolute atomic E-state index is 12.2. The average molecular weight is 326 g/mol. The van der Waals surface area contributed by atoms with Crippen molar-refractivity contribution < 1.29 is 13.2 Å². The molecule has 0 fully saturated rings. The molecule has 0 aliphatic rings. The SMILES string of the molecule is CCOC(CN)CCS(=O)(=O)c1c(Cl)cccc1Cl. The molecule has 108 valence electrons. The number of rotatable bonds is 7. The Morgan fingerprint density at radius 3 is 2.37 bits per heavy atom. The van der Waals surface area contributed by atoms with Crippen LogP contribution in [0.3, 0.4) is 0 Å². The summed E-state index contributed by atoms with van der Waals surface area (Å²) in [5.74, 6) is -0.0989. The van der Waals surface area contributed by atoms with Gasteiger partial charge >= 0.3 is 0 Å². The van der Waals surface area contributed by atoms with Crippen molar-refractivity contribution >= 4 is 33.0 Å². The number of benzene rings is 1. The Morgan fingerprint density at radius 2 is 1.89 bits per heavy atom. The molecule has 4 nitrogen and oxygen atoms in total. The Bertz CT molecular complexity index is 499. The molecule has 0 amide bonds. The monoisotopic (exact) mass is 325 g/mol. The fourth-order valence-corrected chi connectivity index (χ4v) is 4.28. The van der Waals surface area contributed by atoms with E-state index in [-0.39, 0.29) is 33.3 Å². The summed E-state index contributed by atoms with van der Waals surface area (Å²) in [5.41, 5.74) is 5.51. The number of hydrogen-bond donors (Lipinski definition) is 1. The molecule has 0 radical (unpaired) electrons. The van der Waals surface area contributed by atoms with E-state index < -0.39 is 9.84 Å². The quantitative estimate of drug-likeness (QED) is 0.836. The van der Waals surface area contributed by atoms with E-state index in [1.807, 2.05) is 6.92 Å². The van der Waals surface area contributed by atoms with E-state index >= 15 is 0 Å². The van der Waals surface area contributed by atoms with Crippen molar-refractivity contribution in [2.45, 2.75) is 24.3 Å². The molecule has 1 unspecified atom stereocenters. The molecule has 0 bridgehead atoms. The van der Waals surface area contributed by atoms with Gasteiger partial charge in [0.2, 0.25) is 0 Å². The lowest BCUT2D eigenvalue weighted by atomic mass is 10.3. The number of ether oxygens (including phenoxy) is 1. The van der Waals surface area contributed by atoms with Gasteiger partial charge in [-0.3, -0.25) is 0 Å². The molecule has 0 aliphatic heterocycles. The molecule has 0 aromatic heterocycles. The standard InChI is InChI=1S/C12H17Cl2NO3S/c1-2-18-9(8-15)6-7-19(16,17)12-10(13)4-3-5-11(12)14/h3-5,9H,2,6-8,15H2,1H3. The molecule has 2 N–H and O–H groups in total. The van der Waals surface area contributed by atoms with Gasteiger partial charge in [0.1, 0.15) is 4.90 Å². The van der Waals surface area contributed by atoms with E-state index in [2.05, 4.69) is 0 Å². The van der Waals surface area contributed by atoms with Crippen LogP contribution < -0.4 is 5.73 Å². The summed E-state index contributed by atoms with van der Waals surface area (Å²) in [6.45, 7) is 2.61. The van der Waals surface area contributed by atoms with Gasteiger partial charge in [-0.25, -0.2) is 8.42 Å². The van der Waals surface area contributed by atoms with Crippen LogP contribution in [0.4, 0.5) is 0 Å². The molecule has 1 aromatic rings. The third-order valence-corrected chi connectivity index (χ3v) is 5.29. The van der Waals surface area contributed by atoms with Crippen molar-refractivity contribution in [3.8, 4) is 0 Å². The third-order valence-electron chi connectivity index (χ3n) is 2.60. The lowest BCUT2D eigenvalue weighted by molar-refractivity contribution is 0.0671. The smallest absolute Gasteiger partial charge is 0.181 e. The summed E-state index contributed by atoms with van der Waals surface area (Å²) in [6.07, 6.45) is 0.0369. The second kappa shape index (κ2) is 7.45. The van der Waals surface area contributed by atoms with Gasteiger partial charge in [-0.05, 0) is 25.5 Å². The molecule has 0 spiro atoms. The van der Waals surface area contributed by atoms with Crippen molar-refractivity contribution in [1.82, 2.24) is 0 Å². The van der Waals surface area contributed by atoms with Crippen molar-refractivity contribution in [3.63, 3.8) is 0 Å². The molecule has 19 heavy (non-hydrogen) atoms. The predicted octanol–water partition coefficient (Wildman–Crippen LogP) is 2.52. The van der Waals surface area contributed by atoms with Crippen LogP contribution in [0.25, 0.3) is 0 Å². The minimum Gasteiger partial charge on any atom is -0.377 e.